The fourth-order valence-corrected chi connectivity index (χ4v) is 21.7. The van der Waals surface area contributed by atoms with Gasteiger partial charge in [-0.05, 0) is 354 Å². The van der Waals surface area contributed by atoms with Crippen molar-refractivity contribution in [1.29, 1.82) is 0 Å². The average molecular weight is 2170 g/mol. The molecule has 0 saturated carbocycles. The first-order valence-corrected chi connectivity index (χ1v) is 48.3. The second kappa shape index (κ2) is 48.4. The van der Waals surface area contributed by atoms with Crippen LogP contribution in [-0.4, -0.2) is 88.5 Å². The molecule has 6 heterocycles. The van der Waals surface area contributed by atoms with Crippen molar-refractivity contribution in [3.8, 4) is 17.2 Å². The molecule has 0 unspecified atom stereocenters. The number of carbonyl (C=O) groups excluding carboxylic acids is 3. The third-order valence-electron chi connectivity index (χ3n) is 26.1. The molecule has 12 nitrogen and oxygen atoms in total. The Morgan fingerprint density at radius 2 is 0.672 bits per heavy atom. The van der Waals surface area contributed by atoms with Crippen molar-refractivity contribution in [3.63, 3.8) is 0 Å². The summed E-state index contributed by atoms with van der Waals surface area (Å²) in [6.07, 6.45) is 18.8. The number of carbonyl (C=O) groups is 3. The fraction of sp³-hybridized carbons (Fsp3) is 0.311. The summed E-state index contributed by atoms with van der Waals surface area (Å²) in [5.41, 5.74) is 11.6. The number of hydrogen-bond donors (Lipinski definition) is 0. The number of nitrogens with zero attached hydrogens (tertiary/aromatic N) is 6. The van der Waals surface area contributed by atoms with E-state index in [1.165, 1.54) is 61.0 Å². The minimum absolute atomic E-state index is 0. The molecule has 25 heteroatoms. The maximum Gasteiger partial charge on any atom is 0.234 e. The molecule has 0 N–H and O–H groups in total. The van der Waals surface area contributed by atoms with E-state index in [4.69, 9.17) is 153 Å². The molecule has 4 atom stereocenters. The molecular weight excluding hydrogens is 2060 g/mol. The molecule has 6 saturated heterocycles. The number of allylic oxidation sites excluding steroid dienone is 2. The Morgan fingerprint density at radius 1 is 0.366 bits per heavy atom. The first-order valence-electron chi connectivity index (χ1n) is 43.8. The zero-order valence-electron chi connectivity index (χ0n) is 73.4. The number of anilines is 4. The van der Waals surface area contributed by atoms with Crippen LogP contribution in [0.4, 0.5) is 22.7 Å². The summed E-state index contributed by atoms with van der Waals surface area (Å²) >= 11 is 75.2. The van der Waals surface area contributed by atoms with E-state index >= 15 is 0 Å². The summed E-state index contributed by atoms with van der Waals surface area (Å²) in [4.78, 5) is 50.4. The average Bonchev–Trinajstić information content (AvgIpc) is 0.771. The van der Waals surface area contributed by atoms with Gasteiger partial charge in [0.2, 0.25) is 11.8 Å². The van der Waals surface area contributed by atoms with Gasteiger partial charge in [-0.25, -0.2) is 0 Å². The molecule has 2 amide bonds. The molecule has 6 aliphatic rings. The third-order valence-corrected chi connectivity index (χ3v) is 29.3. The standard InChI is InChI=1S/2C29H31Cl3N2O.C23H22Cl3NO.C17H14Cl3NO.C8H8O2.W.H2/c2*1-35-25-9-2-21(3-10-25)19-33-16-14-29(15-17-33)13-12-28(26-11-6-23(31)18-27(26)32)34(20-29)24-7-4-22(30)5-8-24;1-3-12-23(13-4-2)14-11-21(19-10-7-17(25)15-20(19)26)27(22(23)28)18-8-5-16(24)6-9-18;18-11-4-7-13(8-5-11)21-16(2-1-3-17(21)22)14-9-6-12(19)10-15(14)20;1-10-8-4-2-7(6-9)3-5-8;;/h2*2-11,18,28H,12-17,19-20H2,1H3;3-10,15,21H,1-2,11-14H2;4-10,16H,1-3H2;2-6H,1H3;;1H/t2*28-;21-;16-;;;/m1111.../s1/i;;;;;;1+2. The second-order valence-corrected chi connectivity index (χ2v) is 39.4. The van der Waals surface area contributed by atoms with Gasteiger partial charge in [0.15, 0.2) is 0 Å². The van der Waals surface area contributed by atoms with Crippen LogP contribution in [0.2, 0.25) is 60.3 Å². The fourth-order valence-electron chi connectivity index (χ4n) is 19.0. The van der Waals surface area contributed by atoms with E-state index in [1.807, 2.05) is 143 Å². The molecule has 6 fully saturated rings. The predicted molar refractivity (Wildman–Crippen MR) is 546 cm³/mol. The minimum atomic E-state index is -0.543. The number of amides is 2. The maximum absolute atomic E-state index is 13.8. The summed E-state index contributed by atoms with van der Waals surface area (Å²) in [7, 11) is 5.01. The van der Waals surface area contributed by atoms with Crippen LogP contribution in [0.3, 0.4) is 0 Å². The maximum atomic E-state index is 13.8. The van der Waals surface area contributed by atoms with Gasteiger partial charge in [0, 0.05) is 144 Å². The molecule has 0 bridgehead atoms. The van der Waals surface area contributed by atoms with E-state index in [9.17, 15) is 14.4 Å². The summed E-state index contributed by atoms with van der Waals surface area (Å²) < 4.78 is 15.5. The number of rotatable bonds is 20. The number of hydrogen-bond acceptors (Lipinski definition) is 10. The predicted octanol–water partition coefficient (Wildman–Crippen LogP) is 31.9. The Hall–Kier alpha value is -7.40. The Bertz CT molecular complexity index is 5450. The Labute approximate surface area is 847 Å². The number of methoxy groups -OCH3 is 3. The van der Waals surface area contributed by atoms with Gasteiger partial charge in [-0.3, -0.25) is 24.2 Å². The van der Waals surface area contributed by atoms with Crippen LogP contribution in [0.25, 0.3) is 0 Å². The zero-order chi connectivity index (χ0) is 92.2. The van der Waals surface area contributed by atoms with E-state index in [-0.39, 0.29) is 58.5 Å². The van der Waals surface area contributed by atoms with Crippen LogP contribution in [0.5, 0.6) is 17.2 Å². The van der Waals surface area contributed by atoms with Crippen molar-refractivity contribution in [1.82, 2.24) is 9.80 Å². The zero-order valence-corrected chi connectivity index (χ0v) is 85.4. The molecule has 0 aliphatic carbocycles. The van der Waals surface area contributed by atoms with Crippen LogP contribution in [0.1, 0.15) is 166 Å². The molecule has 0 radical (unpaired) electrons. The van der Waals surface area contributed by atoms with E-state index in [0.29, 0.717) is 75.8 Å². The largest absolute Gasteiger partial charge is 0.497 e. The topological polar surface area (TPSA) is 98.3 Å². The van der Waals surface area contributed by atoms with Crippen molar-refractivity contribution in [2.45, 2.75) is 134 Å². The number of aldehydes is 1. The number of likely N-dealkylation sites (tertiary alicyclic amines) is 2. The van der Waals surface area contributed by atoms with Gasteiger partial charge < -0.3 is 33.8 Å². The molecule has 688 valence electrons. The third kappa shape index (κ3) is 26.7. The minimum Gasteiger partial charge on any atom is -0.497 e. The van der Waals surface area contributed by atoms with Gasteiger partial charge in [-0.2, -0.15) is 0 Å². The van der Waals surface area contributed by atoms with Gasteiger partial charge in [-0.1, -0.05) is 200 Å². The van der Waals surface area contributed by atoms with Crippen molar-refractivity contribution in [3.05, 3.63) is 367 Å². The van der Waals surface area contributed by atoms with Gasteiger partial charge in [0.05, 0.1) is 50.9 Å². The Morgan fingerprint density at radius 3 is 1.00 bits per heavy atom. The number of ether oxygens (including phenoxy) is 3. The number of halogens is 12. The number of piperidine rings is 6. The monoisotopic (exact) mass is 2170 g/mol. The smallest absolute Gasteiger partial charge is 0.234 e. The summed E-state index contributed by atoms with van der Waals surface area (Å²) in [5.74, 6) is 2.74. The van der Waals surface area contributed by atoms with Crippen molar-refractivity contribution in [2.75, 3.05) is 80.2 Å². The quantitative estimate of drug-likeness (QED) is 0.0542. The van der Waals surface area contributed by atoms with Crippen LogP contribution in [0.15, 0.2) is 268 Å². The van der Waals surface area contributed by atoms with Crippen LogP contribution >= 0.6 is 139 Å². The first-order chi connectivity index (χ1) is 62.7. The summed E-state index contributed by atoms with van der Waals surface area (Å²) in [6.45, 7) is 16.2. The van der Waals surface area contributed by atoms with E-state index < -0.39 is 5.41 Å². The van der Waals surface area contributed by atoms with E-state index in [2.05, 4.69) is 93.4 Å². The van der Waals surface area contributed by atoms with Gasteiger partial charge in [0.25, 0.3) is 0 Å². The molecule has 11 aromatic rings. The molecule has 131 heavy (non-hydrogen) atoms. The first kappa shape index (κ1) is 103. The summed E-state index contributed by atoms with van der Waals surface area (Å²) in [6, 6.07) is 77.8. The molecule has 17 rings (SSSR count). The van der Waals surface area contributed by atoms with Gasteiger partial charge >= 0.3 is 0 Å². The summed E-state index contributed by atoms with van der Waals surface area (Å²) in [5, 5.41) is 7.93. The van der Waals surface area contributed by atoms with Crippen LogP contribution < -0.4 is 33.8 Å². The van der Waals surface area contributed by atoms with Crippen molar-refractivity contribution in [2.24, 2.45) is 16.2 Å². The molecule has 0 aromatic heterocycles. The molecule has 2 spiro atoms. The number of benzene rings is 11. The second-order valence-electron chi connectivity index (χ2n) is 34.2. The molecular formula is C106H108Cl12N6O6W. The van der Waals surface area contributed by atoms with Gasteiger partial charge in [-0.15, -0.1) is 13.2 Å². The van der Waals surface area contributed by atoms with Crippen molar-refractivity contribution < 1.29 is 51.1 Å². The van der Waals surface area contributed by atoms with Crippen molar-refractivity contribution >= 4 is 180 Å². The van der Waals surface area contributed by atoms with E-state index in [0.717, 1.165) is 168 Å². The molecule has 6 aliphatic heterocycles. The van der Waals surface area contributed by atoms with E-state index in [1.54, 1.807) is 82.0 Å². The Balaban J connectivity index is 0.000000165. The molecule has 11 aromatic carbocycles. The SMILES string of the molecule is C=CCC1(CC=C)CC[C@H](c2ccc(Cl)cc2Cl)N(c2ccc(Cl)cc2)C1=O.COc1ccc(C=O)cc1.COc1ccc(CN2CCC3(CC[C@H](c4ccc(Cl)cc4Cl)N(c4ccc(Cl)cc4)C3)CC2)cc1.COc1ccc(CN2CCC3(CC[C@H](c4ccc(Cl)cc4Cl)N(c4ccc(Cl)cc4)C3)CC2)cc1.O=C1CCC[C@H](c2ccc(Cl)cc2Cl)N1c1ccc(Cl)cc1.[3HH].[W]. The van der Waals surface area contributed by atoms with Crippen LogP contribution in [0, 0.1) is 16.2 Å². The van der Waals surface area contributed by atoms with Gasteiger partial charge in [0.1, 0.15) is 23.5 Å². The Kier molecular flexibility index (Phi) is 37.9. The van der Waals surface area contributed by atoms with Crippen LogP contribution in [-0.2, 0) is 43.7 Å². The normalized spacial score (nSPS) is 18.6.